The van der Waals surface area contributed by atoms with E-state index in [-0.39, 0.29) is 44.8 Å². The van der Waals surface area contributed by atoms with Crippen molar-refractivity contribution in [3.63, 3.8) is 0 Å². The molecule has 260 valence electrons. The summed E-state index contributed by atoms with van der Waals surface area (Å²) in [6, 6.07) is 24.0. The Morgan fingerprint density at radius 1 is 0.569 bits per heavy atom. The van der Waals surface area contributed by atoms with Crippen molar-refractivity contribution in [1.29, 1.82) is 0 Å². The Kier molecular flexibility index (Phi) is 12.0. The molecule has 2 aliphatic carbocycles. The van der Waals surface area contributed by atoms with E-state index in [1.165, 1.54) is 24.3 Å². The molecule has 11 heteroatoms. The molecule has 0 aromatic heterocycles. The van der Waals surface area contributed by atoms with Gasteiger partial charge in [0.15, 0.2) is 0 Å². The first-order valence-electron chi connectivity index (χ1n) is 16.7. The molecule has 0 heterocycles. The monoisotopic (exact) mass is 760 g/mol. The summed E-state index contributed by atoms with van der Waals surface area (Å²) in [5.41, 5.74) is 2.06. The third-order valence-corrected chi connectivity index (χ3v) is 17.5. The summed E-state index contributed by atoms with van der Waals surface area (Å²) in [6.45, 7) is 0.503. The van der Waals surface area contributed by atoms with E-state index in [0.29, 0.717) is 30.8 Å². The number of anilines is 2. The van der Waals surface area contributed by atoms with Crippen LogP contribution in [0.5, 0.6) is 0 Å². The fraction of sp³-hybridized carbons (Fsp3) is 0.150. The molecule has 0 saturated carbocycles. The molecule has 0 saturated heterocycles. The van der Waals surface area contributed by atoms with Crippen molar-refractivity contribution >= 4 is 53.8 Å². The summed E-state index contributed by atoms with van der Waals surface area (Å²) < 4.78 is 67.9. The second-order valence-electron chi connectivity index (χ2n) is 12.2. The normalized spacial score (nSPS) is 13.5. The third kappa shape index (κ3) is 8.10. The predicted octanol–water partition coefficient (Wildman–Crippen LogP) is 8.09. The summed E-state index contributed by atoms with van der Waals surface area (Å²) in [7, 11) is 0. The Morgan fingerprint density at radius 2 is 0.980 bits per heavy atom. The topological polar surface area (TPSA) is 48.1 Å². The van der Waals surface area contributed by atoms with Gasteiger partial charge in [-0.1, -0.05) is 0 Å². The zero-order valence-electron chi connectivity index (χ0n) is 27.6. The summed E-state index contributed by atoms with van der Waals surface area (Å²) in [4.78, 5) is 0. The Bertz CT molecular complexity index is 1900. The van der Waals surface area contributed by atoms with Crippen LogP contribution in [0.25, 0.3) is 0 Å². The molecule has 4 nitrogen and oxygen atoms in total. The molecule has 0 fully saturated rings. The third-order valence-electron chi connectivity index (χ3n) is 9.02. The molecule has 4 aromatic carbocycles. The van der Waals surface area contributed by atoms with Crippen LogP contribution in [0.2, 0.25) is 0 Å². The molecule has 0 spiro atoms. The van der Waals surface area contributed by atoms with Crippen molar-refractivity contribution in [2.75, 3.05) is 23.7 Å². The van der Waals surface area contributed by atoms with Gasteiger partial charge in [-0.2, -0.15) is 0 Å². The average molecular weight is 761 g/mol. The van der Waals surface area contributed by atoms with Crippen molar-refractivity contribution in [1.82, 2.24) is 10.6 Å². The number of nitrogens with one attached hydrogen (secondary N) is 4. The summed E-state index contributed by atoms with van der Waals surface area (Å²) in [5.74, 6) is -3.17. The first kappa shape index (κ1) is 36.4. The molecule has 51 heavy (non-hydrogen) atoms. The summed E-state index contributed by atoms with van der Waals surface area (Å²) >= 11 is 5.88. The van der Waals surface area contributed by atoms with E-state index in [2.05, 4.69) is 21.3 Å². The van der Waals surface area contributed by atoms with Gasteiger partial charge in [0.05, 0.1) is 0 Å². The number of benzene rings is 4. The van der Waals surface area contributed by atoms with Crippen molar-refractivity contribution < 1.29 is 34.2 Å². The van der Waals surface area contributed by atoms with Crippen molar-refractivity contribution in [2.45, 2.75) is 25.7 Å². The van der Waals surface area contributed by atoms with Gasteiger partial charge in [0, 0.05) is 0 Å². The zero-order chi connectivity index (χ0) is 35.8. The molecular formula is C40H36F4N4S2Ti. The molecule has 6 rings (SSSR count). The van der Waals surface area contributed by atoms with Crippen LogP contribution in [0.1, 0.15) is 24.0 Å². The van der Waals surface area contributed by atoms with Gasteiger partial charge in [-0.05, 0) is 0 Å². The van der Waals surface area contributed by atoms with Crippen molar-refractivity contribution in [3.8, 4) is 0 Å². The molecule has 0 bridgehead atoms. The Hall–Kier alpha value is -4.35. The number of halogens is 4. The van der Waals surface area contributed by atoms with Crippen molar-refractivity contribution in [3.05, 3.63) is 164 Å². The van der Waals surface area contributed by atoms with E-state index in [1.807, 2.05) is 72.8 Å². The predicted molar refractivity (Wildman–Crippen MR) is 204 cm³/mol. The van der Waals surface area contributed by atoms with E-state index >= 15 is 17.6 Å². The van der Waals surface area contributed by atoms with Gasteiger partial charge in [0.2, 0.25) is 0 Å². The summed E-state index contributed by atoms with van der Waals surface area (Å²) in [5, 5.41) is 13.0. The number of rotatable bonds is 12. The molecule has 0 radical (unpaired) electrons. The van der Waals surface area contributed by atoms with E-state index in [9.17, 15) is 0 Å². The van der Waals surface area contributed by atoms with Crippen LogP contribution in [0.15, 0.2) is 129 Å². The first-order valence-corrected chi connectivity index (χ1v) is 20.6. The molecule has 0 amide bonds. The minimum absolute atomic E-state index is 0.163. The van der Waals surface area contributed by atoms with Gasteiger partial charge in [-0.3, -0.25) is 0 Å². The average Bonchev–Trinajstić information content (AvgIpc) is 3.87. The second kappa shape index (κ2) is 16.8. The first-order chi connectivity index (χ1) is 24.8. The second-order valence-corrected chi connectivity index (χ2v) is 18.9. The zero-order valence-corrected chi connectivity index (χ0v) is 30.8. The van der Waals surface area contributed by atoms with Gasteiger partial charge in [-0.15, -0.1) is 0 Å². The molecule has 0 atom stereocenters. The number of thiocarbonyl (C=S) groups is 2. The minimum atomic E-state index is -4.96. The van der Waals surface area contributed by atoms with Gasteiger partial charge in [0.1, 0.15) is 0 Å². The molecule has 0 aliphatic heterocycles. The van der Waals surface area contributed by atoms with Crippen LogP contribution in [-0.4, -0.2) is 23.3 Å². The van der Waals surface area contributed by atoms with Crippen molar-refractivity contribution in [2.24, 2.45) is 0 Å². The van der Waals surface area contributed by atoms with Crippen LogP contribution < -0.4 is 29.0 Å². The van der Waals surface area contributed by atoms with E-state index < -0.39 is 39.9 Å². The van der Waals surface area contributed by atoms with Crippen LogP contribution in [-0.2, 0) is 29.4 Å². The molecule has 0 unspecified atom stereocenters. The molecule has 4 aromatic rings. The van der Waals surface area contributed by atoms with Crippen LogP contribution in [0.4, 0.5) is 28.9 Å². The van der Waals surface area contributed by atoms with Crippen LogP contribution >= 0.6 is 24.4 Å². The van der Waals surface area contributed by atoms with Crippen LogP contribution in [0, 0.1) is 23.3 Å². The molecule has 2 aliphatic rings. The van der Waals surface area contributed by atoms with Gasteiger partial charge >= 0.3 is 311 Å². The number of hydrogen-bond donors (Lipinski definition) is 4. The molecule has 4 N–H and O–H groups in total. The number of para-hydroxylation sites is 2. The number of hydrogen-bond acceptors (Lipinski definition) is 2. The van der Waals surface area contributed by atoms with Gasteiger partial charge in [-0.25, -0.2) is 0 Å². The maximum absolute atomic E-state index is 17.1. The molecular weight excluding hydrogens is 724 g/mol. The van der Waals surface area contributed by atoms with Gasteiger partial charge in [0.25, 0.3) is 0 Å². The van der Waals surface area contributed by atoms with E-state index in [4.69, 9.17) is 24.4 Å². The summed E-state index contributed by atoms with van der Waals surface area (Å²) in [6.07, 6.45) is 11.9. The Morgan fingerprint density at radius 3 is 1.35 bits per heavy atom. The Labute approximate surface area is 309 Å². The SMILES string of the molecule is Fc1ccc(CCNC(=S)Nc2ccccc2)c(F)[c]1[Ti]([C]1=CC=CC1)([C]1=CC=CC1)[c]1c(F)ccc(CCNC(=S)Nc2ccccc2)c1F. The number of allylic oxidation sites excluding steroid dienone is 8. The maximum atomic E-state index is 17.1. The standard InChI is InChI=1S/2C15H13F2N2S.2C5H5.Ti/c2*16-12-7-6-11(14(17)10-12)8-9-18-15(20)19-13-4-2-1-3-5-13;2*1-2-4-5-3-1;/h2*1-7H,8-9H2,(H2,18,19,20);2*1-3H,4H2;. The quantitative estimate of drug-likeness (QED) is 0.0666. The van der Waals surface area contributed by atoms with E-state index in [0.717, 1.165) is 11.4 Å². The van der Waals surface area contributed by atoms with Crippen LogP contribution in [0.3, 0.4) is 0 Å². The Balaban J connectivity index is 1.35. The fourth-order valence-corrected chi connectivity index (χ4v) is 15.5. The van der Waals surface area contributed by atoms with E-state index in [1.54, 1.807) is 24.3 Å². The fourth-order valence-electron chi connectivity index (χ4n) is 6.70. The van der Waals surface area contributed by atoms with Gasteiger partial charge < -0.3 is 0 Å².